The Balaban J connectivity index is 1.97. The fraction of sp³-hybridized carbons (Fsp3) is 0.579. The van der Waals surface area contributed by atoms with Crippen molar-refractivity contribution in [3.8, 4) is 5.75 Å². The van der Waals surface area contributed by atoms with E-state index in [4.69, 9.17) is 4.74 Å². The number of nitrogens with one attached hydrogen (secondary N) is 1. The number of piperidine rings is 1. The lowest BCUT2D eigenvalue weighted by atomic mass is 9.80. The Bertz CT molecular complexity index is 570. The summed E-state index contributed by atoms with van der Waals surface area (Å²) < 4.78 is 5.14. The topological polar surface area (TPSA) is 58.6 Å². The Morgan fingerprint density at radius 1 is 1.29 bits per heavy atom. The first-order valence-corrected chi connectivity index (χ1v) is 8.67. The number of likely N-dealkylation sites (tertiary alicyclic amines) is 1. The molecule has 1 aliphatic heterocycles. The molecule has 0 bridgehead atoms. The van der Waals surface area contributed by atoms with Crippen molar-refractivity contribution in [2.24, 2.45) is 5.41 Å². The zero-order valence-electron chi connectivity index (χ0n) is 14.9. The second kappa shape index (κ2) is 8.18. The van der Waals surface area contributed by atoms with Crippen molar-refractivity contribution >= 4 is 11.8 Å². The third kappa shape index (κ3) is 4.49. The van der Waals surface area contributed by atoms with Crippen LogP contribution < -0.4 is 10.1 Å². The van der Waals surface area contributed by atoms with E-state index in [2.05, 4.69) is 5.32 Å². The maximum atomic E-state index is 12.6. The van der Waals surface area contributed by atoms with E-state index in [1.807, 2.05) is 43.0 Å². The Morgan fingerprint density at radius 2 is 2.00 bits per heavy atom. The van der Waals surface area contributed by atoms with E-state index in [1.165, 1.54) is 0 Å². The fourth-order valence-electron chi connectivity index (χ4n) is 3.12. The van der Waals surface area contributed by atoms with E-state index in [0.29, 0.717) is 19.5 Å². The largest absolute Gasteiger partial charge is 0.497 e. The van der Waals surface area contributed by atoms with Crippen LogP contribution in [0.5, 0.6) is 5.75 Å². The molecule has 5 heteroatoms. The van der Waals surface area contributed by atoms with E-state index >= 15 is 0 Å². The molecule has 1 heterocycles. The number of hydrogen-bond acceptors (Lipinski definition) is 3. The second-order valence-electron chi connectivity index (χ2n) is 6.76. The Hall–Kier alpha value is -2.04. The molecule has 0 aromatic heterocycles. The number of hydrogen-bond donors (Lipinski definition) is 1. The Labute approximate surface area is 144 Å². The highest BCUT2D eigenvalue weighted by Gasteiger charge is 2.38. The Morgan fingerprint density at radius 3 is 2.62 bits per heavy atom. The predicted octanol–water partition coefficient (Wildman–Crippen LogP) is 2.39. The standard InChI is InChI=1S/C19H28N2O3/c1-4-11-20-18(23)19(2)10-5-12-21(14-19)17(22)13-15-6-8-16(24-3)9-7-15/h6-9H,4-5,10-14H2,1-3H3,(H,20,23). The molecule has 0 aliphatic carbocycles. The third-order valence-corrected chi connectivity index (χ3v) is 4.65. The van der Waals surface area contributed by atoms with Gasteiger partial charge in [-0.05, 0) is 43.9 Å². The summed E-state index contributed by atoms with van der Waals surface area (Å²) in [5, 5.41) is 2.97. The van der Waals surface area contributed by atoms with Gasteiger partial charge < -0.3 is 15.0 Å². The van der Waals surface area contributed by atoms with Gasteiger partial charge in [0.15, 0.2) is 0 Å². The van der Waals surface area contributed by atoms with Crippen molar-refractivity contribution < 1.29 is 14.3 Å². The van der Waals surface area contributed by atoms with Gasteiger partial charge in [-0.1, -0.05) is 19.1 Å². The zero-order chi connectivity index (χ0) is 17.6. The van der Waals surface area contributed by atoms with E-state index in [1.54, 1.807) is 7.11 Å². The average Bonchev–Trinajstić information content (AvgIpc) is 2.60. The minimum atomic E-state index is -0.483. The van der Waals surface area contributed by atoms with Crippen molar-refractivity contribution in [2.45, 2.75) is 39.5 Å². The molecule has 1 N–H and O–H groups in total. The average molecular weight is 332 g/mol. The molecule has 1 unspecified atom stereocenters. The lowest BCUT2D eigenvalue weighted by molar-refractivity contribution is -0.140. The summed E-state index contributed by atoms with van der Waals surface area (Å²) in [7, 11) is 1.62. The van der Waals surface area contributed by atoms with Gasteiger partial charge >= 0.3 is 0 Å². The monoisotopic (exact) mass is 332 g/mol. The molecule has 1 atom stereocenters. The second-order valence-corrected chi connectivity index (χ2v) is 6.76. The van der Waals surface area contributed by atoms with Crippen LogP contribution in [0.3, 0.4) is 0 Å². The molecule has 132 valence electrons. The number of nitrogens with zero attached hydrogens (tertiary/aromatic N) is 1. The van der Waals surface area contributed by atoms with Gasteiger partial charge in [0.2, 0.25) is 11.8 Å². The van der Waals surface area contributed by atoms with Crippen LogP contribution in [-0.4, -0.2) is 43.5 Å². The first kappa shape index (κ1) is 18.3. The first-order valence-electron chi connectivity index (χ1n) is 8.67. The third-order valence-electron chi connectivity index (χ3n) is 4.65. The molecule has 2 rings (SSSR count). The number of amides is 2. The number of rotatable bonds is 6. The highest BCUT2D eigenvalue weighted by molar-refractivity contribution is 5.84. The molecular weight excluding hydrogens is 304 g/mol. The van der Waals surface area contributed by atoms with Crippen LogP contribution in [0.25, 0.3) is 0 Å². The number of methoxy groups -OCH3 is 1. The van der Waals surface area contributed by atoms with Crippen LogP contribution >= 0.6 is 0 Å². The normalized spacial score (nSPS) is 20.5. The summed E-state index contributed by atoms with van der Waals surface area (Å²) in [5.74, 6) is 0.921. The smallest absolute Gasteiger partial charge is 0.227 e. The summed E-state index contributed by atoms with van der Waals surface area (Å²) in [5.41, 5.74) is 0.478. The molecule has 1 fully saturated rings. The number of ether oxygens (including phenoxy) is 1. The minimum absolute atomic E-state index is 0.0614. The molecule has 2 amide bonds. The lowest BCUT2D eigenvalue weighted by Gasteiger charge is -2.39. The molecule has 24 heavy (non-hydrogen) atoms. The van der Waals surface area contributed by atoms with Crippen molar-refractivity contribution in [1.29, 1.82) is 0 Å². The predicted molar refractivity (Wildman–Crippen MR) is 93.9 cm³/mol. The minimum Gasteiger partial charge on any atom is -0.497 e. The van der Waals surface area contributed by atoms with Crippen LogP contribution in [0.15, 0.2) is 24.3 Å². The summed E-state index contributed by atoms with van der Waals surface area (Å²) >= 11 is 0. The highest BCUT2D eigenvalue weighted by atomic mass is 16.5. The van der Waals surface area contributed by atoms with Gasteiger partial charge in [0, 0.05) is 19.6 Å². The van der Waals surface area contributed by atoms with E-state index < -0.39 is 5.41 Å². The molecule has 0 radical (unpaired) electrons. The van der Waals surface area contributed by atoms with Crippen LogP contribution in [-0.2, 0) is 16.0 Å². The molecule has 1 aliphatic rings. The number of carbonyl (C=O) groups is 2. The van der Waals surface area contributed by atoms with Gasteiger partial charge in [0.05, 0.1) is 18.9 Å². The maximum absolute atomic E-state index is 12.6. The fourth-order valence-corrected chi connectivity index (χ4v) is 3.12. The lowest BCUT2D eigenvalue weighted by Crippen LogP contribution is -2.52. The van der Waals surface area contributed by atoms with Gasteiger partial charge in [-0.2, -0.15) is 0 Å². The van der Waals surface area contributed by atoms with Crippen molar-refractivity contribution in [2.75, 3.05) is 26.7 Å². The highest BCUT2D eigenvalue weighted by Crippen LogP contribution is 2.30. The van der Waals surface area contributed by atoms with Crippen LogP contribution in [0.2, 0.25) is 0 Å². The number of benzene rings is 1. The molecule has 0 spiro atoms. The summed E-state index contributed by atoms with van der Waals surface area (Å²) in [6.45, 7) is 5.91. The first-order chi connectivity index (χ1) is 11.5. The summed E-state index contributed by atoms with van der Waals surface area (Å²) in [6.07, 6.45) is 2.97. The van der Waals surface area contributed by atoms with E-state index in [9.17, 15) is 9.59 Å². The zero-order valence-corrected chi connectivity index (χ0v) is 14.9. The van der Waals surface area contributed by atoms with Crippen LogP contribution in [0.4, 0.5) is 0 Å². The SMILES string of the molecule is CCCNC(=O)C1(C)CCCN(C(=O)Cc2ccc(OC)cc2)C1. The van der Waals surface area contributed by atoms with Gasteiger partial charge in [-0.15, -0.1) is 0 Å². The number of carbonyl (C=O) groups excluding carboxylic acids is 2. The molecule has 1 saturated heterocycles. The molecule has 5 nitrogen and oxygen atoms in total. The molecular formula is C19H28N2O3. The van der Waals surface area contributed by atoms with Gasteiger partial charge in [-0.3, -0.25) is 9.59 Å². The Kier molecular flexibility index (Phi) is 6.23. The van der Waals surface area contributed by atoms with Crippen molar-refractivity contribution in [1.82, 2.24) is 10.2 Å². The molecule has 0 saturated carbocycles. The molecule has 1 aromatic carbocycles. The van der Waals surface area contributed by atoms with E-state index in [0.717, 1.165) is 37.1 Å². The quantitative estimate of drug-likeness (QED) is 0.870. The summed E-state index contributed by atoms with van der Waals surface area (Å²) in [4.78, 5) is 26.9. The van der Waals surface area contributed by atoms with Gasteiger partial charge in [0.25, 0.3) is 0 Å². The van der Waals surface area contributed by atoms with Gasteiger partial charge in [0.1, 0.15) is 5.75 Å². The molecule has 1 aromatic rings. The van der Waals surface area contributed by atoms with Crippen LogP contribution in [0.1, 0.15) is 38.7 Å². The van der Waals surface area contributed by atoms with Crippen molar-refractivity contribution in [3.63, 3.8) is 0 Å². The van der Waals surface area contributed by atoms with Crippen molar-refractivity contribution in [3.05, 3.63) is 29.8 Å². The van der Waals surface area contributed by atoms with E-state index in [-0.39, 0.29) is 11.8 Å². The van der Waals surface area contributed by atoms with Gasteiger partial charge in [-0.25, -0.2) is 0 Å². The summed E-state index contributed by atoms with van der Waals surface area (Å²) in [6, 6.07) is 7.55. The van der Waals surface area contributed by atoms with Crippen LogP contribution in [0, 0.1) is 5.41 Å². The maximum Gasteiger partial charge on any atom is 0.227 e.